The molecule has 0 fully saturated rings. The molecule has 0 radical (unpaired) electrons. The molecule has 3 aromatic rings. The van der Waals surface area contributed by atoms with Gasteiger partial charge in [0.1, 0.15) is 11.3 Å². The molecule has 0 bridgehead atoms. The van der Waals surface area contributed by atoms with Crippen LogP contribution < -0.4 is 4.74 Å². The summed E-state index contributed by atoms with van der Waals surface area (Å²) < 4.78 is 10.1. The number of methoxy groups -OCH3 is 2. The van der Waals surface area contributed by atoms with Gasteiger partial charge in [-0.1, -0.05) is 12.1 Å². The molecule has 0 saturated carbocycles. The third kappa shape index (κ3) is 1.81. The molecule has 3 rings (SSSR count). The van der Waals surface area contributed by atoms with Crippen LogP contribution in [0, 0.1) is 6.92 Å². The molecule has 0 amide bonds. The third-order valence-corrected chi connectivity index (χ3v) is 3.48. The lowest BCUT2D eigenvalue weighted by atomic mass is 10.1. The van der Waals surface area contributed by atoms with Crippen molar-refractivity contribution in [1.29, 1.82) is 0 Å². The second-order valence-electron chi connectivity index (χ2n) is 4.76. The van der Waals surface area contributed by atoms with Gasteiger partial charge < -0.3 is 14.5 Å². The van der Waals surface area contributed by atoms with Gasteiger partial charge in [-0.15, -0.1) is 0 Å². The van der Waals surface area contributed by atoms with Crippen LogP contribution in [0.2, 0.25) is 0 Å². The standard InChI is InChI=1S/C16H15NO3/c1-9-4-5-10-11-7-12(16(18)20-3)15(19-2)8-14(11)17-13(10)6-9/h4-8,17H,1-3H3. The van der Waals surface area contributed by atoms with Gasteiger partial charge in [-0.25, -0.2) is 4.79 Å². The van der Waals surface area contributed by atoms with Crippen LogP contribution in [0.3, 0.4) is 0 Å². The van der Waals surface area contributed by atoms with Crippen molar-refractivity contribution < 1.29 is 14.3 Å². The summed E-state index contributed by atoms with van der Waals surface area (Å²) in [7, 11) is 2.91. The fourth-order valence-electron chi connectivity index (χ4n) is 2.49. The molecule has 1 heterocycles. The van der Waals surface area contributed by atoms with E-state index in [-0.39, 0.29) is 0 Å². The van der Waals surface area contributed by atoms with Gasteiger partial charge >= 0.3 is 5.97 Å². The predicted octanol–water partition coefficient (Wildman–Crippen LogP) is 3.42. The molecule has 0 aliphatic heterocycles. The average molecular weight is 269 g/mol. The molecular formula is C16H15NO3. The molecule has 20 heavy (non-hydrogen) atoms. The van der Waals surface area contributed by atoms with Crippen molar-refractivity contribution in [2.24, 2.45) is 0 Å². The number of carbonyl (C=O) groups excluding carboxylic acids is 1. The Hall–Kier alpha value is -2.49. The van der Waals surface area contributed by atoms with Crippen molar-refractivity contribution in [1.82, 2.24) is 4.98 Å². The maximum atomic E-state index is 11.8. The smallest absolute Gasteiger partial charge is 0.341 e. The van der Waals surface area contributed by atoms with Gasteiger partial charge in [0.2, 0.25) is 0 Å². The van der Waals surface area contributed by atoms with E-state index in [1.165, 1.54) is 12.7 Å². The molecule has 0 atom stereocenters. The Kier molecular flexibility index (Phi) is 2.86. The number of benzene rings is 2. The summed E-state index contributed by atoms with van der Waals surface area (Å²) in [5, 5.41) is 2.07. The van der Waals surface area contributed by atoms with Crippen molar-refractivity contribution in [2.45, 2.75) is 6.92 Å². The molecule has 1 N–H and O–H groups in total. The molecule has 0 unspecified atom stereocenters. The van der Waals surface area contributed by atoms with Crippen LogP contribution in [0.25, 0.3) is 21.8 Å². The maximum absolute atomic E-state index is 11.8. The third-order valence-electron chi connectivity index (χ3n) is 3.48. The molecule has 0 saturated heterocycles. The van der Waals surface area contributed by atoms with Crippen LogP contribution in [0.15, 0.2) is 30.3 Å². The Morgan fingerprint density at radius 1 is 1.05 bits per heavy atom. The number of aryl methyl sites for hydroxylation is 1. The molecule has 0 aliphatic carbocycles. The van der Waals surface area contributed by atoms with Crippen molar-refractivity contribution in [3.8, 4) is 5.75 Å². The summed E-state index contributed by atoms with van der Waals surface area (Å²) in [6, 6.07) is 9.83. The first-order chi connectivity index (χ1) is 9.63. The number of aromatic amines is 1. The normalized spacial score (nSPS) is 10.9. The van der Waals surface area contributed by atoms with Crippen LogP contribution in [0.5, 0.6) is 5.75 Å². The zero-order valence-corrected chi connectivity index (χ0v) is 11.6. The molecule has 2 aromatic carbocycles. The zero-order valence-electron chi connectivity index (χ0n) is 11.6. The average Bonchev–Trinajstić information content (AvgIpc) is 2.81. The highest BCUT2D eigenvalue weighted by Gasteiger charge is 2.16. The van der Waals surface area contributed by atoms with E-state index in [9.17, 15) is 4.79 Å². The van der Waals surface area contributed by atoms with Gasteiger partial charge in [0, 0.05) is 22.4 Å². The minimum Gasteiger partial charge on any atom is -0.496 e. The Balaban J connectivity index is 2.36. The number of fused-ring (bicyclic) bond motifs is 3. The van der Waals surface area contributed by atoms with Crippen LogP contribution in [0.1, 0.15) is 15.9 Å². The van der Waals surface area contributed by atoms with E-state index in [2.05, 4.69) is 23.2 Å². The van der Waals surface area contributed by atoms with E-state index in [0.29, 0.717) is 11.3 Å². The second-order valence-corrected chi connectivity index (χ2v) is 4.76. The van der Waals surface area contributed by atoms with Crippen LogP contribution in [-0.2, 0) is 4.74 Å². The van der Waals surface area contributed by atoms with Crippen molar-refractivity contribution in [3.63, 3.8) is 0 Å². The molecule has 4 nitrogen and oxygen atoms in total. The first-order valence-electron chi connectivity index (χ1n) is 6.32. The summed E-state index contributed by atoms with van der Waals surface area (Å²) in [6.45, 7) is 2.05. The highest BCUT2D eigenvalue weighted by molar-refractivity contribution is 6.10. The van der Waals surface area contributed by atoms with Crippen molar-refractivity contribution >= 4 is 27.8 Å². The van der Waals surface area contributed by atoms with E-state index in [1.807, 2.05) is 19.1 Å². The minimum atomic E-state index is -0.398. The van der Waals surface area contributed by atoms with E-state index in [4.69, 9.17) is 9.47 Å². The van der Waals surface area contributed by atoms with Gasteiger partial charge in [0.25, 0.3) is 0 Å². The van der Waals surface area contributed by atoms with E-state index in [0.717, 1.165) is 21.8 Å². The number of ether oxygens (including phenoxy) is 2. The van der Waals surface area contributed by atoms with Crippen molar-refractivity contribution in [3.05, 3.63) is 41.5 Å². The Labute approximate surface area is 116 Å². The van der Waals surface area contributed by atoms with Gasteiger partial charge in [-0.2, -0.15) is 0 Å². The Morgan fingerprint density at radius 2 is 1.80 bits per heavy atom. The van der Waals surface area contributed by atoms with Gasteiger partial charge in [-0.05, 0) is 24.6 Å². The number of H-pyrrole nitrogens is 1. The lowest BCUT2D eigenvalue weighted by Crippen LogP contribution is -2.03. The summed E-state index contributed by atoms with van der Waals surface area (Å²) in [5.41, 5.74) is 3.60. The minimum absolute atomic E-state index is 0.398. The number of carbonyl (C=O) groups is 1. The topological polar surface area (TPSA) is 51.3 Å². The fourth-order valence-corrected chi connectivity index (χ4v) is 2.49. The van der Waals surface area contributed by atoms with Crippen LogP contribution >= 0.6 is 0 Å². The number of aromatic nitrogens is 1. The van der Waals surface area contributed by atoms with E-state index >= 15 is 0 Å². The Bertz CT molecular complexity index is 817. The second kappa shape index (κ2) is 4.56. The zero-order chi connectivity index (χ0) is 14.3. The Morgan fingerprint density at radius 3 is 2.50 bits per heavy atom. The lowest BCUT2D eigenvalue weighted by Gasteiger charge is -2.06. The largest absolute Gasteiger partial charge is 0.496 e. The SMILES string of the molecule is COC(=O)c1cc2c(cc1OC)[nH]c1cc(C)ccc12. The summed E-state index contributed by atoms with van der Waals surface area (Å²) in [4.78, 5) is 15.2. The van der Waals surface area contributed by atoms with E-state index in [1.54, 1.807) is 7.11 Å². The maximum Gasteiger partial charge on any atom is 0.341 e. The predicted molar refractivity (Wildman–Crippen MR) is 78.4 cm³/mol. The van der Waals surface area contributed by atoms with E-state index < -0.39 is 5.97 Å². The first kappa shape index (κ1) is 12.5. The number of rotatable bonds is 2. The van der Waals surface area contributed by atoms with Crippen molar-refractivity contribution in [2.75, 3.05) is 14.2 Å². The molecule has 0 aliphatic rings. The highest BCUT2D eigenvalue weighted by Crippen LogP contribution is 2.32. The van der Waals surface area contributed by atoms with Crippen LogP contribution in [0.4, 0.5) is 0 Å². The lowest BCUT2D eigenvalue weighted by molar-refractivity contribution is 0.0597. The molecule has 1 aromatic heterocycles. The monoisotopic (exact) mass is 269 g/mol. The summed E-state index contributed by atoms with van der Waals surface area (Å²) in [6.07, 6.45) is 0. The quantitative estimate of drug-likeness (QED) is 0.725. The molecule has 0 spiro atoms. The highest BCUT2D eigenvalue weighted by atomic mass is 16.5. The number of hydrogen-bond acceptors (Lipinski definition) is 3. The number of nitrogens with one attached hydrogen (secondary N) is 1. The van der Waals surface area contributed by atoms with Crippen LogP contribution in [-0.4, -0.2) is 25.2 Å². The first-order valence-corrected chi connectivity index (χ1v) is 6.32. The molecule has 4 heteroatoms. The summed E-state index contributed by atoms with van der Waals surface area (Å²) in [5.74, 6) is 0.109. The molecule has 102 valence electrons. The fraction of sp³-hybridized carbons (Fsp3) is 0.188. The molecular weight excluding hydrogens is 254 g/mol. The number of hydrogen-bond donors (Lipinski definition) is 1. The van der Waals surface area contributed by atoms with Gasteiger partial charge in [-0.3, -0.25) is 0 Å². The summed E-state index contributed by atoms with van der Waals surface area (Å²) >= 11 is 0. The van der Waals surface area contributed by atoms with Gasteiger partial charge in [0.15, 0.2) is 0 Å². The van der Waals surface area contributed by atoms with Gasteiger partial charge in [0.05, 0.1) is 19.7 Å². The number of esters is 1.